The van der Waals surface area contributed by atoms with E-state index in [0.717, 1.165) is 0 Å². The van der Waals surface area contributed by atoms with Crippen LogP contribution in [0.15, 0.2) is 0 Å². The largest absolute Gasteiger partial charge is 4.00 e. The monoisotopic (exact) mass is 440 g/mol. The summed E-state index contributed by atoms with van der Waals surface area (Å²) >= 11 is 0. The molecule has 0 radical (unpaired) electrons. The third-order valence-corrected chi connectivity index (χ3v) is 0.500. The molecule has 0 saturated heterocycles. The Bertz CT molecular complexity index is 287. The SMILES string of the molecule is O=C([O-])C(=O)[O-].O=C([O-])C(=O)[O-].O=C([O-])C(=O)[O-].[Ce+4].[NH4+].[NH4+]. The van der Waals surface area contributed by atoms with Crippen LogP contribution in [0.5, 0.6) is 0 Å². The summed E-state index contributed by atoms with van der Waals surface area (Å²) in [5.74, 6) is -13.1. The van der Waals surface area contributed by atoms with E-state index in [4.69, 9.17) is 59.4 Å². The Balaban J connectivity index is -0.0000000375. The van der Waals surface area contributed by atoms with E-state index in [2.05, 4.69) is 0 Å². The Labute approximate surface area is 148 Å². The number of carboxylic acids is 6. The van der Waals surface area contributed by atoms with Crippen molar-refractivity contribution in [2.45, 2.75) is 0 Å². The molecule has 0 fully saturated rings. The quantitative estimate of drug-likeness (QED) is 0.331. The summed E-state index contributed by atoms with van der Waals surface area (Å²) in [4.78, 5) is 53.6. The Morgan fingerprint density at radius 3 is 0.429 bits per heavy atom. The van der Waals surface area contributed by atoms with Gasteiger partial charge in [0.25, 0.3) is 0 Å². The van der Waals surface area contributed by atoms with Gasteiger partial charge >= 0.3 is 41.7 Å². The molecule has 0 bridgehead atoms. The smallest absolute Gasteiger partial charge is 0.543 e. The number of rotatable bonds is 0. The molecule has 0 amide bonds. The van der Waals surface area contributed by atoms with Gasteiger partial charge in [0.05, 0.1) is 35.8 Å². The van der Waals surface area contributed by atoms with Crippen LogP contribution in [0.4, 0.5) is 0 Å². The van der Waals surface area contributed by atoms with Crippen molar-refractivity contribution in [2.75, 3.05) is 0 Å². The molecule has 0 aromatic rings. The third-order valence-electron chi connectivity index (χ3n) is 0.500. The minimum atomic E-state index is -2.19. The average molecular weight is 440 g/mol. The van der Waals surface area contributed by atoms with Crippen LogP contribution in [0.1, 0.15) is 0 Å². The zero-order valence-electron chi connectivity index (χ0n) is 10.4. The van der Waals surface area contributed by atoms with Crippen molar-refractivity contribution >= 4 is 35.8 Å². The van der Waals surface area contributed by atoms with Gasteiger partial charge in [-0.05, 0) is 0 Å². The molecule has 15 heteroatoms. The van der Waals surface area contributed by atoms with Crippen LogP contribution >= 0.6 is 0 Å². The maximum atomic E-state index is 8.93. The first-order valence-corrected chi connectivity index (χ1v) is 3.20. The zero-order chi connectivity index (χ0) is 15.5. The van der Waals surface area contributed by atoms with Gasteiger partial charge < -0.3 is 71.7 Å². The molecule has 0 spiro atoms. The van der Waals surface area contributed by atoms with E-state index in [-0.39, 0.29) is 54.0 Å². The van der Waals surface area contributed by atoms with Gasteiger partial charge in [0.15, 0.2) is 0 Å². The molecule has 0 aromatic carbocycles. The van der Waals surface area contributed by atoms with E-state index in [1.54, 1.807) is 0 Å². The first-order valence-electron chi connectivity index (χ1n) is 3.20. The summed E-state index contributed by atoms with van der Waals surface area (Å²) < 4.78 is 0. The summed E-state index contributed by atoms with van der Waals surface area (Å²) in [5.41, 5.74) is 0. The first kappa shape index (κ1) is 36.5. The van der Waals surface area contributed by atoms with Crippen LogP contribution < -0.4 is 42.9 Å². The molecule has 118 valence electrons. The fourth-order valence-electron chi connectivity index (χ4n) is 0. The van der Waals surface area contributed by atoms with Gasteiger partial charge in [0.2, 0.25) is 0 Å². The van der Waals surface area contributed by atoms with Crippen molar-refractivity contribution < 1.29 is 101 Å². The van der Waals surface area contributed by atoms with Gasteiger partial charge in [-0.1, -0.05) is 0 Å². The number of carboxylic acid groups (broad SMARTS) is 6. The molecule has 0 aliphatic carbocycles. The number of hydrogen-bond acceptors (Lipinski definition) is 12. The number of aliphatic carboxylic acids is 6. The topological polar surface area (TPSA) is 314 Å². The van der Waals surface area contributed by atoms with Crippen LogP contribution in [0.25, 0.3) is 0 Å². The summed E-state index contributed by atoms with van der Waals surface area (Å²) in [6.07, 6.45) is 0. The van der Waals surface area contributed by atoms with E-state index >= 15 is 0 Å². The molecule has 0 aromatic heterocycles. The summed E-state index contributed by atoms with van der Waals surface area (Å²) in [6, 6.07) is 0. The van der Waals surface area contributed by atoms with E-state index in [0.29, 0.717) is 0 Å². The molecule has 0 aliphatic rings. The minimum absolute atomic E-state index is 0. The third kappa shape index (κ3) is 46.0. The fraction of sp³-hybridized carbons (Fsp3) is 0. The van der Waals surface area contributed by atoms with Crippen molar-refractivity contribution in [3.63, 3.8) is 0 Å². The molecule has 8 N–H and O–H groups in total. The molecule has 0 atom stereocenters. The van der Waals surface area contributed by atoms with Crippen LogP contribution in [0, 0.1) is 41.7 Å². The van der Waals surface area contributed by atoms with Crippen molar-refractivity contribution in [1.29, 1.82) is 0 Å². The van der Waals surface area contributed by atoms with Gasteiger partial charge in [0, 0.05) is 0 Å². The Hall–Kier alpha value is -1.88. The van der Waals surface area contributed by atoms with Crippen LogP contribution in [-0.4, -0.2) is 35.8 Å². The Kier molecular flexibility index (Phi) is 35.5. The van der Waals surface area contributed by atoms with Crippen LogP contribution in [0.2, 0.25) is 0 Å². The molecule has 0 aliphatic heterocycles. The number of carbonyl (C=O) groups excluding carboxylic acids is 6. The van der Waals surface area contributed by atoms with Crippen molar-refractivity contribution in [2.24, 2.45) is 0 Å². The number of hydrogen-bond donors (Lipinski definition) is 2. The Morgan fingerprint density at radius 1 is 0.381 bits per heavy atom. The zero-order valence-corrected chi connectivity index (χ0v) is 13.5. The van der Waals surface area contributed by atoms with Gasteiger partial charge in [0.1, 0.15) is 0 Å². The standard InChI is InChI=1S/3C2H2O4.Ce.2H3N/c3*3-1(4)2(5)6;;;/h3*(H,3,4)(H,5,6);;2*1H3/q;;;+4;;/p-4. The van der Waals surface area contributed by atoms with Gasteiger partial charge in [-0.15, -0.1) is 0 Å². The van der Waals surface area contributed by atoms with Gasteiger partial charge in [-0.3, -0.25) is 0 Å². The van der Waals surface area contributed by atoms with E-state index < -0.39 is 35.8 Å². The molecular weight excluding hydrogens is 432 g/mol. The second-order valence-electron chi connectivity index (χ2n) is 1.72. The molecular formula is C6H8CeN2O12. The van der Waals surface area contributed by atoms with Crippen molar-refractivity contribution in [3.05, 3.63) is 0 Å². The predicted octanol–water partition coefficient (Wildman–Crippen LogP) is -9.79. The number of quaternary nitrogens is 2. The molecule has 0 heterocycles. The van der Waals surface area contributed by atoms with E-state index in [1.807, 2.05) is 0 Å². The number of carbonyl (C=O) groups is 6. The van der Waals surface area contributed by atoms with Gasteiger partial charge in [-0.25, -0.2) is 0 Å². The first-order chi connectivity index (χ1) is 7.93. The molecule has 0 unspecified atom stereocenters. The average Bonchev–Trinajstić information content (AvgIpc) is 2.18. The fourth-order valence-corrected chi connectivity index (χ4v) is 0. The van der Waals surface area contributed by atoms with E-state index in [1.165, 1.54) is 0 Å². The maximum absolute atomic E-state index is 8.93. The second kappa shape index (κ2) is 20.4. The summed E-state index contributed by atoms with van der Waals surface area (Å²) in [5, 5.41) is 53.6. The molecule has 21 heavy (non-hydrogen) atoms. The maximum Gasteiger partial charge on any atom is 4.00 e. The predicted molar refractivity (Wildman–Crippen MR) is 42.0 cm³/mol. The van der Waals surface area contributed by atoms with Crippen molar-refractivity contribution in [3.8, 4) is 0 Å². The van der Waals surface area contributed by atoms with Crippen LogP contribution in [0.3, 0.4) is 0 Å². The second-order valence-corrected chi connectivity index (χ2v) is 1.72. The Morgan fingerprint density at radius 2 is 0.429 bits per heavy atom. The normalized spacial score (nSPS) is 6.29. The van der Waals surface area contributed by atoms with Gasteiger partial charge in [-0.2, -0.15) is 0 Å². The minimum Gasteiger partial charge on any atom is -0.543 e. The molecule has 0 rings (SSSR count). The summed E-state index contributed by atoms with van der Waals surface area (Å²) in [7, 11) is 0. The van der Waals surface area contributed by atoms with Crippen LogP contribution in [-0.2, 0) is 28.8 Å². The van der Waals surface area contributed by atoms with Crippen molar-refractivity contribution in [1.82, 2.24) is 12.3 Å². The van der Waals surface area contributed by atoms with E-state index in [9.17, 15) is 0 Å². The summed E-state index contributed by atoms with van der Waals surface area (Å²) in [6.45, 7) is 0. The molecule has 0 saturated carbocycles. The molecule has 14 nitrogen and oxygen atoms in total.